The molecular formula is C14H15BrN2O. The van der Waals surface area contributed by atoms with Crippen LogP contribution in [0.4, 0.5) is 5.69 Å². The van der Waals surface area contributed by atoms with E-state index in [2.05, 4.69) is 33.9 Å². The normalized spacial score (nSPS) is 10.4. The zero-order chi connectivity index (χ0) is 13.3. The van der Waals surface area contributed by atoms with E-state index in [1.807, 2.05) is 26.0 Å². The highest BCUT2D eigenvalue weighted by Gasteiger charge is 2.10. The lowest BCUT2D eigenvalue weighted by atomic mass is 10.1. The number of halogens is 1. The Morgan fingerprint density at radius 1 is 1.22 bits per heavy atom. The van der Waals surface area contributed by atoms with Crippen LogP contribution < -0.4 is 10.5 Å². The van der Waals surface area contributed by atoms with Gasteiger partial charge < -0.3 is 10.5 Å². The molecule has 2 N–H and O–H groups in total. The summed E-state index contributed by atoms with van der Waals surface area (Å²) < 4.78 is 6.61. The van der Waals surface area contributed by atoms with Gasteiger partial charge in [-0.3, -0.25) is 0 Å². The fourth-order valence-corrected chi connectivity index (χ4v) is 2.07. The number of ether oxygens (including phenoxy) is 1. The molecule has 0 spiro atoms. The first-order valence-corrected chi connectivity index (χ1v) is 6.44. The summed E-state index contributed by atoms with van der Waals surface area (Å²) >= 11 is 3.46. The van der Waals surface area contributed by atoms with Gasteiger partial charge in [-0.2, -0.15) is 0 Å². The molecule has 0 radical (unpaired) electrons. The van der Waals surface area contributed by atoms with E-state index in [9.17, 15) is 0 Å². The molecular weight excluding hydrogens is 292 g/mol. The van der Waals surface area contributed by atoms with E-state index < -0.39 is 0 Å². The Morgan fingerprint density at radius 2 is 1.94 bits per heavy atom. The van der Waals surface area contributed by atoms with Gasteiger partial charge in [0.15, 0.2) is 0 Å². The van der Waals surface area contributed by atoms with Gasteiger partial charge in [0.05, 0.1) is 16.4 Å². The first-order valence-electron chi connectivity index (χ1n) is 5.64. The minimum absolute atomic E-state index is 0.536. The Morgan fingerprint density at radius 3 is 2.61 bits per heavy atom. The maximum absolute atomic E-state index is 5.82. The van der Waals surface area contributed by atoms with Crippen LogP contribution in [0.15, 0.2) is 28.9 Å². The molecule has 0 aliphatic rings. The van der Waals surface area contributed by atoms with Crippen molar-refractivity contribution in [1.29, 1.82) is 0 Å². The van der Waals surface area contributed by atoms with Gasteiger partial charge >= 0.3 is 0 Å². The Bertz CT molecular complexity index is 597. The van der Waals surface area contributed by atoms with E-state index in [1.165, 1.54) is 5.56 Å². The van der Waals surface area contributed by atoms with Crippen molar-refractivity contribution in [2.24, 2.45) is 0 Å². The van der Waals surface area contributed by atoms with Crippen molar-refractivity contribution >= 4 is 21.6 Å². The van der Waals surface area contributed by atoms with Crippen molar-refractivity contribution in [2.75, 3.05) is 5.73 Å². The van der Waals surface area contributed by atoms with Crippen molar-refractivity contribution in [3.63, 3.8) is 0 Å². The summed E-state index contributed by atoms with van der Waals surface area (Å²) in [5.41, 5.74) is 9.66. The quantitative estimate of drug-likeness (QED) is 0.907. The van der Waals surface area contributed by atoms with E-state index >= 15 is 0 Å². The number of nitrogens with zero attached hydrogens (tertiary/aromatic N) is 1. The molecule has 0 atom stereocenters. The molecule has 2 aromatic rings. The summed E-state index contributed by atoms with van der Waals surface area (Å²) in [5, 5.41) is 0. The molecule has 0 bridgehead atoms. The van der Waals surface area contributed by atoms with E-state index in [1.54, 1.807) is 6.20 Å². The molecule has 0 aliphatic heterocycles. The highest BCUT2D eigenvalue weighted by Crippen LogP contribution is 2.33. The molecule has 1 aromatic carbocycles. The first kappa shape index (κ1) is 12.9. The van der Waals surface area contributed by atoms with E-state index in [4.69, 9.17) is 10.5 Å². The fourth-order valence-electron chi connectivity index (χ4n) is 1.66. The molecule has 94 valence electrons. The third-order valence-corrected chi connectivity index (χ3v) is 3.74. The Labute approximate surface area is 115 Å². The van der Waals surface area contributed by atoms with Crippen LogP contribution >= 0.6 is 15.9 Å². The predicted octanol–water partition coefficient (Wildman–Crippen LogP) is 4.14. The number of aryl methyl sites for hydroxylation is 2. The summed E-state index contributed by atoms with van der Waals surface area (Å²) in [6.45, 7) is 5.99. The van der Waals surface area contributed by atoms with E-state index in [0.717, 1.165) is 21.3 Å². The number of anilines is 1. The number of hydrogen-bond acceptors (Lipinski definition) is 3. The summed E-state index contributed by atoms with van der Waals surface area (Å²) in [6, 6.07) is 6.04. The third kappa shape index (κ3) is 2.48. The van der Waals surface area contributed by atoms with Crippen molar-refractivity contribution in [2.45, 2.75) is 20.8 Å². The van der Waals surface area contributed by atoms with Crippen LogP contribution in [0.25, 0.3) is 0 Å². The topological polar surface area (TPSA) is 48.1 Å². The lowest BCUT2D eigenvalue weighted by Gasteiger charge is -2.12. The number of nitrogen functional groups attached to an aromatic ring is 1. The third-order valence-electron chi connectivity index (χ3n) is 2.81. The molecule has 3 nitrogen and oxygen atoms in total. The van der Waals surface area contributed by atoms with Gasteiger partial charge in [0.2, 0.25) is 5.88 Å². The summed E-state index contributed by atoms with van der Waals surface area (Å²) in [7, 11) is 0. The predicted molar refractivity (Wildman–Crippen MR) is 77.1 cm³/mol. The second kappa shape index (κ2) is 4.98. The van der Waals surface area contributed by atoms with Crippen LogP contribution in [0.2, 0.25) is 0 Å². The van der Waals surface area contributed by atoms with Crippen molar-refractivity contribution < 1.29 is 4.74 Å². The van der Waals surface area contributed by atoms with Crippen LogP contribution in [0.5, 0.6) is 11.6 Å². The Kier molecular flexibility index (Phi) is 3.57. The molecule has 1 heterocycles. The van der Waals surface area contributed by atoms with Gasteiger partial charge in [-0.1, -0.05) is 17.7 Å². The number of pyridine rings is 1. The molecule has 0 saturated carbocycles. The van der Waals surface area contributed by atoms with Crippen LogP contribution in [0, 0.1) is 20.8 Å². The van der Waals surface area contributed by atoms with Crippen LogP contribution in [-0.4, -0.2) is 4.98 Å². The van der Waals surface area contributed by atoms with Gasteiger partial charge in [-0.05, 0) is 53.9 Å². The highest BCUT2D eigenvalue weighted by atomic mass is 79.9. The van der Waals surface area contributed by atoms with Crippen molar-refractivity contribution in [1.82, 2.24) is 4.98 Å². The van der Waals surface area contributed by atoms with Gasteiger partial charge in [-0.25, -0.2) is 4.98 Å². The summed E-state index contributed by atoms with van der Waals surface area (Å²) in [4.78, 5) is 4.20. The SMILES string of the molecule is Cc1ccc(Oc2ncc(N)c(C)c2Br)c(C)c1. The minimum Gasteiger partial charge on any atom is -0.438 e. The number of benzene rings is 1. The van der Waals surface area contributed by atoms with Crippen LogP contribution in [-0.2, 0) is 0 Å². The standard InChI is InChI=1S/C14H15BrN2O/c1-8-4-5-12(9(2)6-8)18-14-13(15)10(3)11(16)7-17-14/h4-7H,16H2,1-3H3. The van der Waals surface area contributed by atoms with Crippen molar-refractivity contribution in [3.05, 3.63) is 45.6 Å². The largest absolute Gasteiger partial charge is 0.438 e. The minimum atomic E-state index is 0.536. The second-order valence-electron chi connectivity index (χ2n) is 4.33. The number of hydrogen-bond donors (Lipinski definition) is 1. The highest BCUT2D eigenvalue weighted by molar-refractivity contribution is 9.10. The average molecular weight is 307 g/mol. The fraction of sp³-hybridized carbons (Fsp3) is 0.214. The molecule has 0 fully saturated rings. The zero-order valence-corrected chi connectivity index (χ0v) is 12.2. The smallest absolute Gasteiger partial charge is 0.234 e. The average Bonchev–Trinajstić information content (AvgIpc) is 2.33. The van der Waals surface area contributed by atoms with Crippen LogP contribution in [0.1, 0.15) is 16.7 Å². The molecule has 4 heteroatoms. The summed E-state index contributed by atoms with van der Waals surface area (Å²) in [5.74, 6) is 1.34. The van der Waals surface area contributed by atoms with Crippen LogP contribution in [0.3, 0.4) is 0 Å². The maximum atomic E-state index is 5.82. The summed E-state index contributed by atoms with van der Waals surface area (Å²) in [6.07, 6.45) is 1.61. The Balaban J connectivity index is 2.37. The monoisotopic (exact) mass is 306 g/mol. The van der Waals surface area contributed by atoms with E-state index in [-0.39, 0.29) is 0 Å². The molecule has 2 rings (SSSR count). The van der Waals surface area contributed by atoms with Gasteiger partial charge in [0, 0.05) is 0 Å². The van der Waals surface area contributed by atoms with Gasteiger partial charge in [0.25, 0.3) is 0 Å². The lowest BCUT2D eigenvalue weighted by molar-refractivity contribution is 0.456. The number of nitrogens with two attached hydrogens (primary N) is 1. The molecule has 0 aliphatic carbocycles. The maximum Gasteiger partial charge on any atom is 0.234 e. The second-order valence-corrected chi connectivity index (χ2v) is 5.12. The molecule has 1 aromatic heterocycles. The Hall–Kier alpha value is -1.55. The van der Waals surface area contributed by atoms with Gasteiger partial charge in [-0.15, -0.1) is 0 Å². The van der Waals surface area contributed by atoms with E-state index in [0.29, 0.717) is 11.6 Å². The molecule has 0 saturated heterocycles. The number of aromatic nitrogens is 1. The molecule has 0 unspecified atom stereocenters. The lowest BCUT2D eigenvalue weighted by Crippen LogP contribution is -1.97. The number of rotatable bonds is 2. The van der Waals surface area contributed by atoms with Crippen molar-refractivity contribution in [3.8, 4) is 11.6 Å². The van der Waals surface area contributed by atoms with Gasteiger partial charge in [0.1, 0.15) is 5.75 Å². The molecule has 18 heavy (non-hydrogen) atoms. The first-order chi connectivity index (χ1) is 8.49. The zero-order valence-electron chi connectivity index (χ0n) is 10.6. The molecule has 0 amide bonds.